The minimum atomic E-state index is -3.42. The molecule has 0 radical (unpaired) electrons. The SMILES string of the molecule is Cc1ccc(C(=O)Nc2cccc(-n3cccn3)c2)cc1NS(C)(=O)=O. The average Bonchev–Trinajstić information content (AvgIpc) is 3.10. The number of hydrogen-bond acceptors (Lipinski definition) is 4. The van der Waals surface area contributed by atoms with Crippen LogP contribution >= 0.6 is 0 Å². The Hall–Kier alpha value is -3.13. The van der Waals surface area contributed by atoms with Gasteiger partial charge in [-0.3, -0.25) is 9.52 Å². The first-order valence-corrected chi connectivity index (χ1v) is 9.71. The van der Waals surface area contributed by atoms with E-state index in [1.807, 2.05) is 24.4 Å². The summed E-state index contributed by atoms with van der Waals surface area (Å²) in [6.45, 7) is 1.77. The second-order valence-electron chi connectivity index (χ2n) is 5.86. The monoisotopic (exact) mass is 370 g/mol. The van der Waals surface area contributed by atoms with E-state index in [9.17, 15) is 13.2 Å². The van der Waals surface area contributed by atoms with E-state index in [0.717, 1.165) is 17.5 Å². The molecule has 2 N–H and O–H groups in total. The van der Waals surface area contributed by atoms with Crippen molar-refractivity contribution in [3.63, 3.8) is 0 Å². The Morgan fingerprint density at radius 2 is 1.92 bits per heavy atom. The maximum atomic E-state index is 12.5. The van der Waals surface area contributed by atoms with Gasteiger partial charge in [0.25, 0.3) is 5.91 Å². The van der Waals surface area contributed by atoms with Crippen molar-refractivity contribution in [1.82, 2.24) is 9.78 Å². The minimum absolute atomic E-state index is 0.334. The van der Waals surface area contributed by atoms with E-state index in [1.165, 1.54) is 6.07 Å². The summed E-state index contributed by atoms with van der Waals surface area (Å²) in [5.41, 5.74) is 2.89. The van der Waals surface area contributed by atoms with Gasteiger partial charge in [-0.05, 0) is 48.9 Å². The number of amides is 1. The number of anilines is 2. The van der Waals surface area contributed by atoms with Crippen LogP contribution < -0.4 is 10.0 Å². The number of rotatable bonds is 5. The molecule has 0 aliphatic heterocycles. The van der Waals surface area contributed by atoms with E-state index in [4.69, 9.17) is 0 Å². The Labute approximate surface area is 151 Å². The number of carbonyl (C=O) groups is 1. The van der Waals surface area contributed by atoms with E-state index in [0.29, 0.717) is 16.9 Å². The Morgan fingerprint density at radius 3 is 2.62 bits per heavy atom. The Kier molecular flexibility index (Phi) is 4.77. The summed E-state index contributed by atoms with van der Waals surface area (Å²) in [5.74, 6) is -0.334. The number of nitrogens with one attached hydrogen (secondary N) is 2. The van der Waals surface area contributed by atoms with Gasteiger partial charge in [-0.25, -0.2) is 13.1 Å². The van der Waals surface area contributed by atoms with Gasteiger partial charge in [-0.15, -0.1) is 0 Å². The van der Waals surface area contributed by atoms with Gasteiger partial charge >= 0.3 is 0 Å². The summed E-state index contributed by atoms with van der Waals surface area (Å²) in [6.07, 6.45) is 4.55. The zero-order chi connectivity index (χ0) is 18.7. The molecule has 26 heavy (non-hydrogen) atoms. The zero-order valence-electron chi connectivity index (χ0n) is 14.3. The van der Waals surface area contributed by atoms with E-state index in [2.05, 4.69) is 15.1 Å². The second kappa shape index (κ2) is 7.01. The zero-order valence-corrected chi connectivity index (χ0v) is 15.1. The Bertz CT molecular complexity index is 1040. The smallest absolute Gasteiger partial charge is 0.255 e. The third-order valence-corrected chi connectivity index (χ3v) is 4.26. The third-order valence-electron chi connectivity index (χ3n) is 3.67. The fraction of sp³-hybridized carbons (Fsp3) is 0.111. The van der Waals surface area contributed by atoms with Crippen LogP contribution in [0.15, 0.2) is 60.9 Å². The van der Waals surface area contributed by atoms with Gasteiger partial charge in [0.15, 0.2) is 0 Å². The fourth-order valence-electron chi connectivity index (χ4n) is 2.42. The molecule has 3 aromatic rings. The highest BCUT2D eigenvalue weighted by atomic mass is 32.2. The van der Waals surface area contributed by atoms with E-state index < -0.39 is 10.0 Å². The molecular weight excluding hydrogens is 352 g/mol. The Morgan fingerprint density at radius 1 is 1.12 bits per heavy atom. The highest BCUT2D eigenvalue weighted by molar-refractivity contribution is 7.92. The van der Waals surface area contributed by atoms with Crippen molar-refractivity contribution in [3.05, 3.63) is 72.1 Å². The predicted molar refractivity (Wildman–Crippen MR) is 101 cm³/mol. The van der Waals surface area contributed by atoms with Gasteiger partial charge < -0.3 is 5.32 Å². The molecule has 0 unspecified atom stereocenters. The lowest BCUT2D eigenvalue weighted by atomic mass is 10.1. The number of hydrogen-bond donors (Lipinski definition) is 2. The lowest BCUT2D eigenvalue weighted by Gasteiger charge is -2.11. The number of nitrogens with zero attached hydrogens (tertiary/aromatic N) is 2. The van der Waals surface area contributed by atoms with E-state index in [1.54, 1.807) is 42.1 Å². The highest BCUT2D eigenvalue weighted by Gasteiger charge is 2.11. The van der Waals surface area contributed by atoms with Gasteiger partial charge in [-0.1, -0.05) is 12.1 Å². The van der Waals surface area contributed by atoms with Crippen molar-refractivity contribution < 1.29 is 13.2 Å². The molecule has 8 heteroatoms. The van der Waals surface area contributed by atoms with Crippen LogP contribution in [0.3, 0.4) is 0 Å². The molecule has 3 rings (SSSR count). The van der Waals surface area contributed by atoms with Crippen molar-refractivity contribution in [2.75, 3.05) is 16.3 Å². The highest BCUT2D eigenvalue weighted by Crippen LogP contribution is 2.20. The van der Waals surface area contributed by atoms with Crippen LogP contribution in [-0.2, 0) is 10.0 Å². The molecule has 1 aromatic heterocycles. The maximum absolute atomic E-state index is 12.5. The summed E-state index contributed by atoms with van der Waals surface area (Å²) in [5, 5.41) is 6.97. The largest absolute Gasteiger partial charge is 0.322 e. The third kappa shape index (κ3) is 4.28. The van der Waals surface area contributed by atoms with Crippen LogP contribution in [0.2, 0.25) is 0 Å². The average molecular weight is 370 g/mol. The molecule has 1 amide bonds. The molecule has 0 bridgehead atoms. The van der Waals surface area contributed by atoms with Crippen LogP contribution in [0.4, 0.5) is 11.4 Å². The van der Waals surface area contributed by atoms with Crippen molar-refractivity contribution in [3.8, 4) is 5.69 Å². The minimum Gasteiger partial charge on any atom is -0.322 e. The lowest BCUT2D eigenvalue weighted by Crippen LogP contribution is -2.15. The first-order chi connectivity index (χ1) is 12.3. The molecule has 0 fully saturated rings. The van der Waals surface area contributed by atoms with Crippen LogP contribution in [0.5, 0.6) is 0 Å². The lowest BCUT2D eigenvalue weighted by molar-refractivity contribution is 0.102. The topological polar surface area (TPSA) is 93.1 Å². The molecule has 0 atom stereocenters. The molecule has 0 saturated heterocycles. The van der Waals surface area contributed by atoms with E-state index in [-0.39, 0.29) is 5.91 Å². The number of benzene rings is 2. The van der Waals surface area contributed by atoms with Gasteiger partial charge in [0.05, 0.1) is 17.6 Å². The van der Waals surface area contributed by atoms with Crippen molar-refractivity contribution in [2.24, 2.45) is 0 Å². The first-order valence-electron chi connectivity index (χ1n) is 7.82. The normalized spacial score (nSPS) is 11.2. The van der Waals surface area contributed by atoms with E-state index >= 15 is 0 Å². The summed E-state index contributed by atoms with van der Waals surface area (Å²) in [7, 11) is -3.42. The van der Waals surface area contributed by atoms with Gasteiger partial charge in [0.2, 0.25) is 10.0 Å². The number of aryl methyl sites for hydroxylation is 1. The number of carbonyl (C=O) groups excluding carboxylic acids is 1. The summed E-state index contributed by atoms with van der Waals surface area (Å²) < 4.78 is 27.0. The first kappa shape index (κ1) is 17.7. The quantitative estimate of drug-likeness (QED) is 0.722. The summed E-state index contributed by atoms with van der Waals surface area (Å²) in [6, 6.07) is 13.9. The molecule has 1 heterocycles. The predicted octanol–water partition coefficient (Wildman–Crippen LogP) is 2.80. The van der Waals surface area contributed by atoms with Crippen molar-refractivity contribution >= 4 is 27.3 Å². The van der Waals surface area contributed by atoms with Crippen molar-refractivity contribution in [1.29, 1.82) is 0 Å². The molecule has 7 nitrogen and oxygen atoms in total. The molecular formula is C18H18N4O3S. The summed E-state index contributed by atoms with van der Waals surface area (Å²) in [4.78, 5) is 12.5. The van der Waals surface area contributed by atoms with Crippen LogP contribution in [0, 0.1) is 6.92 Å². The molecule has 2 aromatic carbocycles. The molecule has 0 aliphatic rings. The van der Waals surface area contributed by atoms with Crippen molar-refractivity contribution in [2.45, 2.75) is 6.92 Å². The Balaban J connectivity index is 1.82. The molecule has 134 valence electrons. The summed E-state index contributed by atoms with van der Waals surface area (Å²) >= 11 is 0. The number of aromatic nitrogens is 2. The van der Waals surface area contributed by atoms with Gasteiger partial charge in [-0.2, -0.15) is 5.10 Å². The molecule has 0 saturated carbocycles. The molecule has 0 aliphatic carbocycles. The van der Waals surface area contributed by atoms with Crippen LogP contribution in [0.25, 0.3) is 5.69 Å². The maximum Gasteiger partial charge on any atom is 0.255 e. The standard InChI is InChI=1S/C18H18N4O3S/c1-13-7-8-14(11-17(13)21-26(2,24)25)18(23)20-15-5-3-6-16(12-15)22-10-4-9-19-22/h3-12,21H,1-2H3,(H,20,23). The molecule has 0 spiro atoms. The second-order valence-corrected chi connectivity index (χ2v) is 7.61. The fourth-order valence-corrected chi connectivity index (χ4v) is 3.04. The van der Waals surface area contributed by atoms with Crippen LogP contribution in [0.1, 0.15) is 15.9 Å². The number of sulfonamides is 1. The van der Waals surface area contributed by atoms with Gasteiger partial charge in [0, 0.05) is 23.6 Å². The van der Waals surface area contributed by atoms with Crippen LogP contribution in [-0.4, -0.2) is 30.4 Å². The van der Waals surface area contributed by atoms with Gasteiger partial charge in [0.1, 0.15) is 0 Å².